The van der Waals surface area contributed by atoms with E-state index in [1.807, 2.05) is 26.0 Å². The van der Waals surface area contributed by atoms with Crippen molar-refractivity contribution < 1.29 is 23.9 Å². The Balaban J connectivity index is 1.50. The van der Waals surface area contributed by atoms with Gasteiger partial charge in [-0.25, -0.2) is 9.69 Å². The number of hydrogen-bond acceptors (Lipinski definition) is 5. The van der Waals surface area contributed by atoms with Crippen molar-refractivity contribution >= 4 is 68.7 Å². The number of nitrogens with zero attached hydrogens (tertiary/aromatic N) is 1. The van der Waals surface area contributed by atoms with Crippen molar-refractivity contribution in [2.45, 2.75) is 26.9 Å². The molecule has 8 nitrogen and oxygen atoms in total. The molecular weight excluding hydrogens is 621 g/mol. The predicted octanol–water partition coefficient (Wildman–Crippen LogP) is 6.83. The number of rotatable bonds is 10. The highest BCUT2D eigenvalue weighted by Gasteiger charge is 2.35. The summed E-state index contributed by atoms with van der Waals surface area (Å²) in [6.45, 7) is 3.93. The number of hydrogen-bond donors (Lipinski definition) is 2. The van der Waals surface area contributed by atoms with E-state index in [0.29, 0.717) is 43.9 Å². The Morgan fingerprint density at radius 2 is 1.77 bits per heavy atom. The number of ether oxygens (including phenoxy) is 2. The summed E-state index contributed by atoms with van der Waals surface area (Å²) in [4.78, 5) is 39.1. The van der Waals surface area contributed by atoms with Crippen molar-refractivity contribution in [3.8, 4) is 11.5 Å². The fraction of sp³-hybridized carbons (Fsp3) is 0.207. The van der Waals surface area contributed by atoms with Crippen molar-refractivity contribution in [1.29, 1.82) is 0 Å². The van der Waals surface area contributed by atoms with E-state index in [1.54, 1.807) is 42.5 Å². The average Bonchev–Trinajstić information content (AvgIpc) is 3.18. The van der Waals surface area contributed by atoms with E-state index in [4.69, 9.17) is 32.7 Å². The lowest BCUT2D eigenvalue weighted by Gasteiger charge is -2.15. The Hall–Kier alpha value is -3.53. The topological polar surface area (TPSA) is 97.0 Å². The summed E-state index contributed by atoms with van der Waals surface area (Å²) in [6.07, 6.45) is 2.24. The summed E-state index contributed by atoms with van der Waals surface area (Å²) in [7, 11) is 0. The first-order valence-electron chi connectivity index (χ1n) is 12.5. The van der Waals surface area contributed by atoms with Gasteiger partial charge in [-0.15, -0.1) is 0 Å². The Kier molecular flexibility index (Phi) is 9.73. The number of nitrogens with one attached hydrogen (secondary N) is 2. The Morgan fingerprint density at radius 3 is 2.50 bits per heavy atom. The van der Waals surface area contributed by atoms with Crippen LogP contribution in [0.4, 0.5) is 10.5 Å². The van der Waals surface area contributed by atoms with Crippen LogP contribution >= 0.6 is 39.1 Å². The molecule has 208 valence electrons. The van der Waals surface area contributed by atoms with E-state index in [2.05, 4.69) is 26.6 Å². The van der Waals surface area contributed by atoms with Crippen LogP contribution in [0.5, 0.6) is 11.5 Å². The maximum Gasteiger partial charge on any atom is 0.329 e. The minimum Gasteiger partial charge on any atom is -0.490 e. The molecule has 4 rings (SSSR count). The molecule has 0 unspecified atom stereocenters. The molecule has 1 heterocycles. The largest absolute Gasteiger partial charge is 0.490 e. The molecule has 2 N–H and O–H groups in total. The minimum absolute atomic E-state index is 0.0246. The van der Waals surface area contributed by atoms with Crippen molar-refractivity contribution in [2.24, 2.45) is 0 Å². The van der Waals surface area contributed by atoms with Gasteiger partial charge in [0.1, 0.15) is 18.8 Å². The van der Waals surface area contributed by atoms with Crippen LogP contribution in [0.25, 0.3) is 6.08 Å². The highest BCUT2D eigenvalue weighted by Crippen LogP contribution is 2.36. The lowest BCUT2D eigenvalue weighted by molar-refractivity contribution is -0.127. The van der Waals surface area contributed by atoms with Crippen molar-refractivity contribution in [2.75, 3.05) is 18.5 Å². The van der Waals surface area contributed by atoms with Gasteiger partial charge in [-0.1, -0.05) is 70.3 Å². The second kappa shape index (κ2) is 13.2. The van der Waals surface area contributed by atoms with Gasteiger partial charge in [0.25, 0.3) is 5.91 Å². The van der Waals surface area contributed by atoms with E-state index < -0.39 is 24.4 Å². The summed E-state index contributed by atoms with van der Waals surface area (Å²) in [6, 6.07) is 15.2. The number of imide groups is 1. The number of para-hydroxylation sites is 1. The van der Waals surface area contributed by atoms with E-state index in [1.165, 1.54) is 6.08 Å². The third-order valence-corrected chi connectivity index (χ3v) is 7.27. The Morgan fingerprint density at radius 1 is 1.02 bits per heavy atom. The molecule has 0 spiro atoms. The number of amides is 4. The molecule has 40 heavy (non-hydrogen) atoms. The number of halogens is 3. The van der Waals surface area contributed by atoms with Crippen LogP contribution in [0.2, 0.25) is 10.0 Å². The summed E-state index contributed by atoms with van der Waals surface area (Å²) >= 11 is 15.7. The number of carbonyl (C=O) groups excluding carboxylic acids is 3. The van der Waals surface area contributed by atoms with E-state index in [9.17, 15) is 14.4 Å². The SMILES string of the molecule is CCOc1cc(/C=C2/NC(=O)N(CC(=O)Nc3ccccc3CC)C2=O)c(Br)cc1OCc1ccc(Cl)cc1Cl. The van der Waals surface area contributed by atoms with Crippen LogP contribution in [-0.4, -0.2) is 35.9 Å². The monoisotopic (exact) mass is 645 g/mol. The predicted molar refractivity (Wildman–Crippen MR) is 159 cm³/mol. The molecule has 1 aliphatic heterocycles. The molecule has 0 bridgehead atoms. The van der Waals surface area contributed by atoms with Crippen molar-refractivity contribution in [3.05, 3.63) is 91.5 Å². The van der Waals surface area contributed by atoms with Gasteiger partial charge in [-0.3, -0.25) is 9.59 Å². The highest BCUT2D eigenvalue weighted by molar-refractivity contribution is 9.10. The second-order valence-electron chi connectivity index (χ2n) is 8.72. The molecule has 0 saturated carbocycles. The number of carbonyl (C=O) groups is 3. The summed E-state index contributed by atoms with van der Waals surface area (Å²) in [5.41, 5.74) is 2.93. The molecule has 0 aliphatic carbocycles. The molecule has 0 atom stereocenters. The first-order valence-corrected chi connectivity index (χ1v) is 14.0. The van der Waals surface area contributed by atoms with Gasteiger partial charge in [0.2, 0.25) is 5.91 Å². The van der Waals surface area contributed by atoms with E-state index in [-0.39, 0.29) is 12.3 Å². The van der Waals surface area contributed by atoms with Gasteiger partial charge < -0.3 is 20.1 Å². The third-order valence-electron chi connectivity index (χ3n) is 6.00. The second-order valence-corrected chi connectivity index (χ2v) is 10.4. The van der Waals surface area contributed by atoms with E-state index >= 15 is 0 Å². The van der Waals surface area contributed by atoms with Crippen LogP contribution < -0.4 is 20.1 Å². The molecular formula is C29H26BrCl2N3O5. The van der Waals surface area contributed by atoms with Crippen molar-refractivity contribution in [3.63, 3.8) is 0 Å². The van der Waals surface area contributed by atoms with Crippen LogP contribution in [0, 0.1) is 0 Å². The van der Waals surface area contributed by atoms with Crippen molar-refractivity contribution in [1.82, 2.24) is 10.2 Å². The zero-order valence-electron chi connectivity index (χ0n) is 21.7. The van der Waals surface area contributed by atoms with Gasteiger partial charge >= 0.3 is 6.03 Å². The van der Waals surface area contributed by atoms with Gasteiger partial charge in [-0.05, 0) is 60.9 Å². The van der Waals surface area contributed by atoms with Crippen LogP contribution in [0.15, 0.2) is 64.8 Å². The van der Waals surface area contributed by atoms with Gasteiger partial charge in [-0.2, -0.15) is 0 Å². The van der Waals surface area contributed by atoms with Gasteiger partial charge in [0.15, 0.2) is 11.5 Å². The maximum absolute atomic E-state index is 13.0. The normalized spacial score (nSPS) is 13.9. The fourth-order valence-corrected chi connectivity index (χ4v) is 4.89. The fourth-order valence-electron chi connectivity index (χ4n) is 3.99. The first kappa shape index (κ1) is 29.5. The highest BCUT2D eigenvalue weighted by atomic mass is 79.9. The van der Waals surface area contributed by atoms with Crippen LogP contribution in [-0.2, 0) is 22.6 Å². The zero-order chi connectivity index (χ0) is 28.8. The third kappa shape index (κ3) is 6.96. The zero-order valence-corrected chi connectivity index (χ0v) is 24.8. The minimum atomic E-state index is -0.684. The number of urea groups is 1. The lowest BCUT2D eigenvalue weighted by atomic mass is 10.1. The lowest BCUT2D eigenvalue weighted by Crippen LogP contribution is -2.38. The molecule has 4 amide bonds. The molecule has 3 aromatic rings. The molecule has 0 aromatic heterocycles. The molecule has 11 heteroatoms. The number of aryl methyl sites for hydroxylation is 1. The van der Waals surface area contributed by atoms with Crippen LogP contribution in [0.3, 0.4) is 0 Å². The smallest absolute Gasteiger partial charge is 0.329 e. The molecule has 1 fully saturated rings. The number of anilines is 1. The van der Waals surface area contributed by atoms with Gasteiger partial charge in [0.05, 0.1) is 6.61 Å². The average molecular weight is 647 g/mol. The Bertz CT molecular complexity index is 1490. The molecule has 1 aliphatic rings. The number of benzene rings is 3. The standard InChI is InChI=1S/C29H26BrCl2N3O5/c1-3-17-7-5-6-8-23(17)33-27(36)15-35-28(37)24(34-29(35)38)11-19-12-25(39-4-2)26(14-21(19)30)40-16-18-9-10-20(31)13-22(18)32/h5-14H,3-4,15-16H2,1-2H3,(H,33,36)(H,34,38)/b24-11+. The molecule has 3 aromatic carbocycles. The first-order chi connectivity index (χ1) is 19.2. The Labute approximate surface area is 250 Å². The summed E-state index contributed by atoms with van der Waals surface area (Å²) < 4.78 is 12.3. The summed E-state index contributed by atoms with van der Waals surface area (Å²) in [5.74, 6) is -0.209. The van der Waals surface area contributed by atoms with Gasteiger partial charge in [0, 0.05) is 25.8 Å². The summed E-state index contributed by atoms with van der Waals surface area (Å²) in [5, 5.41) is 6.33. The molecule has 0 radical (unpaired) electrons. The molecule has 1 saturated heterocycles. The maximum atomic E-state index is 13.0. The quantitative estimate of drug-likeness (QED) is 0.186. The van der Waals surface area contributed by atoms with E-state index in [0.717, 1.165) is 22.4 Å². The van der Waals surface area contributed by atoms with Crippen LogP contribution in [0.1, 0.15) is 30.5 Å².